The van der Waals surface area contributed by atoms with Crippen LogP contribution in [0.15, 0.2) is 34.1 Å². The van der Waals surface area contributed by atoms with Crippen LogP contribution in [0.1, 0.15) is 43.2 Å². The van der Waals surface area contributed by atoms with Crippen LogP contribution < -0.4 is 5.32 Å². The predicted octanol–water partition coefficient (Wildman–Crippen LogP) is 5.59. The van der Waals surface area contributed by atoms with E-state index in [9.17, 15) is 0 Å². The number of nitrogens with one attached hydrogen (secondary N) is 1. The molecule has 0 saturated heterocycles. The Kier molecular flexibility index (Phi) is 3.16. The molecule has 4 rings (SSSR count). The van der Waals surface area contributed by atoms with Crippen molar-refractivity contribution in [3.05, 3.63) is 45.4 Å². The molecule has 0 bridgehead atoms. The molecule has 1 aromatic carbocycles. The highest BCUT2D eigenvalue weighted by Crippen LogP contribution is 2.40. The molecule has 1 atom stereocenters. The van der Waals surface area contributed by atoms with E-state index >= 15 is 0 Å². The molecule has 2 heterocycles. The Labute approximate surface area is 131 Å². The highest BCUT2D eigenvalue weighted by atomic mass is 35.5. The number of nitrogens with zero attached hydrogens (tertiary/aromatic N) is 1. The number of hydrogen-bond acceptors (Lipinski definition) is 4. The summed E-state index contributed by atoms with van der Waals surface area (Å²) in [6, 6.07) is 8.29. The van der Waals surface area contributed by atoms with Crippen LogP contribution in [0.2, 0.25) is 4.34 Å². The largest absolute Gasteiger partial charge is 0.440 e. The van der Waals surface area contributed by atoms with E-state index in [1.165, 1.54) is 18.4 Å². The molecule has 1 aliphatic rings. The predicted molar refractivity (Wildman–Crippen MR) is 87.4 cm³/mol. The monoisotopic (exact) mass is 318 g/mol. The van der Waals surface area contributed by atoms with Gasteiger partial charge in [-0.1, -0.05) is 11.6 Å². The van der Waals surface area contributed by atoms with Crippen LogP contribution >= 0.6 is 22.9 Å². The standard InChI is InChI=1S/C16H15ClN2OS/c1-9(11-6-15(17)21-8-11)18-12-4-5-14-13(7-12)19-16(20-14)10-2-3-10/h4-10,18H,2-3H2,1H3. The van der Waals surface area contributed by atoms with Crippen molar-refractivity contribution in [2.24, 2.45) is 0 Å². The molecule has 1 aliphatic carbocycles. The molecule has 0 spiro atoms. The smallest absolute Gasteiger partial charge is 0.198 e. The Bertz CT molecular complexity index is 791. The third-order valence-electron chi connectivity index (χ3n) is 3.80. The zero-order chi connectivity index (χ0) is 14.4. The average molecular weight is 319 g/mol. The van der Waals surface area contributed by atoms with Gasteiger partial charge in [0.15, 0.2) is 11.5 Å². The summed E-state index contributed by atoms with van der Waals surface area (Å²) in [6.07, 6.45) is 2.40. The SMILES string of the molecule is CC(Nc1ccc2oc(C3CC3)nc2c1)c1csc(Cl)c1. The Balaban J connectivity index is 1.58. The van der Waals surface area contributed by atoms with Gasteiger partial charge in [-0.3, -0.25) is 0 Å². The van der Waals surface area contributed by atoms with Crippen molar-refractivity contribution in [3.8, 4) is 0 Å². The minimum absolute atomic E-state index is 0.209. The molecule has 0 aliphatic heterocycles. The molecule has 3 nitrogen and oxygen atoms in total. The number of aromatic nitrogens is 1. The number of thiophene rings is 1. The topological polar surface area (TPSA) is 38.1 Å². The fraction of sp³-hybridized carbons (Fsp3) is 0.312. The van der Waals surface area contributed by atoms with Gasteiger partial charge in [0.05, 0.1) is 4.34 Å². The van der Waals surface area contributed by atoms with E-state index in [0.29, 0.717) is 5.92 Å². The molecule has 1 fully saturated rings. The summed E-state index contributed by atoms with van der Waals surface area (Å²) in [4.78, 5) is 4.59. The van der Waals surface area contributed by atoms with Gasteiger partial charge in [0, 0.05) is 17.6 Å². The van der Waals surface area contributed by atoms with E-state index in [4.69, 9.17) is 16.0 Å². The third-order valence-corrected chi connectivity index (χ3v) is 4.91. The van der Waals surface area contributed by atoms with Gasteiger partial charge in [-0.15, -0.1) is 11.3 Å². The van der Waals surface area contributed by atoms with Crippen molar-refractivity contribution in [2.45, 2.75) is 31.7 Å². The summed E-state index contributed by atoms with van der Waals surface area (Å²) in [5, 5.41) is 5.57. The molecule has 21 heavy (non-hydrogen) atoms. The van der Waals surface area contributed by atoms with E-state index in [1.807, 2.05) is 18.2 Å². The van der Waals surface area contributed by atoms with E-state index in [1.54, 1.807) is 11.3 Å². The summed E-state index contributed by atoms with van der Waals surface area (Å²) in [5.74, 6) is 1.43. The van der Waals surface area contributed by atoms with Crippen molar-refractivity contribution in [3.63, 3.8) is 0 Å². The fourth-order valence-electron chi connectivity index (χ4n) is 2.42. The lowest BCUT2D eigenvalue weighted by molar-refractivity contribution is 0.533. The van der Waals surface area contributed by atoms with Gasteiger partial charge < -0.3 is 9.73 Å². The second-order valence-electron chi connectivity index (χ2n) is 5.56. The molecule has 0 amide bonds. The highest BCUT2D eigenvalue weighted by Gasteiger charge is 2.28. The third kappa shape index (κ3) is 2.65. The van der Waals surface area contributed by atoms with Crippen molar-refractivity contribution in [2.75, 3.05) is 5.32 Å². The molecule has 1 saturated carbocycles. The first-order valence-corrected chi connectivity index (χ1v) is 8.36. The Morgan fingerprint density at radius 1 is 1.38 bits per heavy atom. The van der Waals surface area contributed by atoms with Crippen LogP contribution in [0.4, 0.5) is 5.69 Å². The molecule has 2 aromatic heterocycles. The number of anilines is 1. The maximum Gasteiger partial charge on any atom is 0.198 e. The maximum absolute atomic E-state index is 5.99. The van der Waals surface area contributed by atoms with E-state index in [0.717, 1.165) is 27.0 Å². The Hall–Kier alpha value is -1.52. The normalized spacial score (nSPS) is 16.3. The van der Waals surface area contributed by atoms with Gasteiger partial charge in [-0.2, -0.15) is 0 Å². The lowest BCUT2D eigenvalue weighted by Gasteiger charge is -2.13. The summed E-state index contributed by atoms with van der Waals surface area (Å²) in [7, 11) is 0. The van der Waals surface area contributed by atoms with Crippen LogP contribution in [0, 0.1) is 0 Å². The number of benzene rings is 1. The van der Waals surface area contributed by atoms with E-state index < -0.39 is 0 Å². The molecule has 1 N–H and O–H groups in total. The quantitative estimate of drug-likeness (QED) is 0.681. The first-order valence-electron chi connectivity index (χ1n) is 7.10. The minimum atomic E-state index is 0.209. The number of hydrogen-bond donors (Lipinski definition) is 1. The van der Waals surface area contributed by atoms with Crippen LogP contribution in [0.25, 0.3) is 11.1 Å². The summed E-state index contributed by atoms with van der Waals surface area (Å²) < 4.78 is 6.60. The van der Waals surface area contributed by atoms with E-state index in [-0.39, 0.29) is 6.04 Å². The first kappa shape index (κ1) is 13.2. The van der Waals surface area contributed by atoms with Crippen molar-refractivity contribution < 1.29 is 4.42 Å². The number of oxazole rings is 1. The average Bonchev–Trinajstić information content (AvgIpc) is 3.09. The van der Waals surface area contributed by atoms with Crippen molar-refractivity contribution in [1.82, 2.24) is 4.98 Å². The lowest BCUT2D eigenvalue weighted by atomic mass is 10.1. The summed E-state index contributed by atoms with van der Waals surface area (Å²) in [5.41, 5.74) is 4.04. The second kappa shape index (κ2) is 5.04. The summed E-state index contributed by atoms with van der Waals surface area (Å²) >= 11 is 7.55. The lowest BCUT2D eigenvalue weighted by Crippen LogP contribution is -2.05. The van der Waals surface area contributed by atoms with E-state index in [2.05, 4.69) is 28.7 Å². The molecule has 108 valence electrons. The van der Waals surface area contributed by atoms with Crippen molar-refractivity contribution >= 4 is 39.7 Å². The molecular formula is C16H15ClN2OS. The number of rotatable bonds is 4. The maximum atomic E-state index is 5.99. The highest BCUT2D eigenvalue weighted by molar-refractivity contribution is 7.14. The molecule has 3 aromatic rings. The molecule has 5 heteroatoms. The zero-order valence-electron chi connectivity index (χ0n) is 11.6. The molecule has 0 radical (unpaired) electrons. The second-order valence-corrected chi connectivity index (χ2v) is 7.10. The number of halogens is 1. The number of fused-ring (bicyclic) bond motifs is 1. The van der Waals surface area contributed by atoms with Crippen LogP contribution in [-0.2, 0) is 0 Å². The van der Waals surface area contributed by atoms with Gasteiger partial charge in [-0.05, 0) is 55.0 Å². The van der Waals surface area contributed by atoms with Gasteiger partial charge in [0.2, 0.25) is 0 Å². The zero-order valence-corrected chi connectivity index (χ0v) is 13.2. The Morgan fingerprint density at radius 3 is 2.95 bits per heavy atom. The minimum Gasteiger partial charge on any atom is -0.440 e. The van der Waals surface area contributed by atoms with Crippen LogP contribution in [0.3, 0.4) is 0 Å². The van der Waals surface area contributed by atoms with Gasteiger partial charge in [-0.25, -0.2) is 4.98 Å². The summed E-state index contributed by atoms with van der Waals surface area (Å²) in [6.45, 7) is 2.13. The van der Waals surface area contributed by atoms with Gasteiger partial charge >= 0.3 is 0 Å². The van der Waals surface area contributed by atoms with Gasteiger partial charge in [0.1, 0.15) is 5.52 Å². The molecular weight excluding hydrogens is 304 g/mol. The fourth-order valence-corrected chi connectivity index (χ4v) is 3.41. The molecule has 1 unspecified atom stereocenters. The van der Waals surface area contributed by atoms with Gasteiger partial charge in [0.25, 0.3) is 0 Å². The van der Waals surface area contributed by atoms with Crippen molar-refractivity contribution in [1.29, 1.82) is 0 Å². The first-order chi connectivity index (χ1) is 10.2. The Morgan fingerprint density at radius 2 is 2.24 bits per heavy atom. The van der Waals surface area contributed by atoms with Crippen LogP contribution in [-0.4, -0.2) is 4.98 Å². The van der Waals surface area contributed by atoms with Crippen LogP contribution in [0.5, 0.6) is 0 Å².